The second kappa shape index (κ2) is 2.88. The van der Waals surface area contributed by atoms with Crippen LogP contribution < -0.4 is 5.32 Å². The second-order valence-corrected chi connectivity index (χ2v) is 5.21. The molecule has 0 radical (unpaired) electrons. The first kappa shape index (κ1) is 9.02. The molecular weight excluding hydrogens is 217 g/mol. The van der Waals surface area contributed by atoms with Gasteiger partial charge in [-0.25, -0.2) is 0 Å². The van der Waals surface area contributed by atoms with Crippen LogP contribution in [0.2, 0.25) is 10.0 Å². The molecule has 0 atom stereocenters. The molecule has 3 aliphatic rings. The van der Waals surface area contributed by atoms with Crippen molar-refractivity contribution >= 4 is 23.2 Å². The minimum Gasteiger partial charge on any atom is -0.313 e. The molecule has 4 rings (SSSR count). The van der Waals surface area contributed by atoms with Gasteiger partial charge in [0.25, 0.3) is 0 Å². The Labute approximate surface area is 93.4 Å². The molecule has 1 saturated carbocycles. The third kappa shape index (κ3) is 1.13. The zero-order valence-corrected chi connectivity index (χ0v) is 9.20. The van der Waals surface area contributed by atoms with E-state index < -0.39 is 0 Å². The van der Waals surface area contributed by atoms with Crippen LogP contribution >= 0.6 is 23.2 Å². The van der Waals surface area contributed by atoms with Crippen LogP contribution in [-0.2, 0) is 5.41 Å². The highest BCUT2D eigenvalue weighted by Crippen LogP contribution is 2.49. The van der Waals surface area contributed by atoms with E-state index in [0.717, 1.165) is 12.6 Å². The van der Waals surface area contributed by atoms with Gasteiger partial charge in [0, 0.05) is 18.0 Å². The average Bonchev–Trinajstić information content (AvgIpc) is 2.67. The first-order valence-electron chi connectivity index (χ1n) is 4.89. The number of rotatable bonds is 1. The summed E-state index contributed by atoms with van der Waals surface area (Å²) in [6, 6.07) is 6.77. The van der Waals surface area contributed by atoms with Crippen LogP contribution in [0.15, 0.2) is 18.2 Å². The standard InChI is InChI=1S/C11H11Cl2N/c12-9-2-1-7(3-10(9)13)11-4-8(5-11)14-6-11/h1-3,8,14H,4-6H2. The molecule has 2 bridgehead atoms. The lowest BCUT2D eigenvalue weighted by atomic mass is 9.66. The molecule has 2 heterocycles. The maximum absolute atomic E-state index is 6.02. The third-order valence-electron chi connectivity index (χ3n) is 3.54. The summed E-state index contributed by atoms with van der Waals surface area (Å²) in [6.45, 7) is 1.09. The van der Waals surface area contributed by atoms with E-state index >= 15 is 0 Å². The number of halogens is 2. The number of nitrogens with one attached hydrogen (secondary N) is 1. The maximum Gasteiger partial charge on any atom is 0.0595 e. The van der Waals surface area contributed by atoms with Crippen LogP contribution in [0.3, 0.4) is 0 Å². The van der Waals surface area contributed by atoms with Crippen LogP contribution in [0.5, 0.6) is 0 Å². The number of benzene rings is 1. The Morgan fingerprint density at radius 1 is 1.21 bits per heavy atom. The molecule has 1 aliphatic carbocycles. The SMILES string of the molecule is Clc1ccc(C23CNC(C2)C3)cc1Cl. The fourth-order valence-electron chi connectivity index (χ4n) is 2.68. The smallest absolute Gasteiger partial charge is 0.0595 e. The fraction of sp³-hybridized carbons (Fsp3) is 0.455. The van der Waals surface area contributed by atoms with E-state index in [4.69, 9.17) is 23.2 Å². The highest BCUT2D eigenvalue weighted by molar-refractivity contribution is 6.42. The molecule has 2 aliphatic heterocycles. The zero-order valence-electron chi connectivity index (χ0n) is 7.69. The monoisotopic (exact) mass is 227 g/mol. The Balaban J connectivity index is 2.00. The lowest BCUT2D eigenvalue weighted by molar-refractivity contribution is 0.304. The number of fused-ring (bicyclic) bond motifs is 1. The van der Waals surface area contributed by atoms with Gasteiger partial charge in [0.2, 0.25) is 0 Å². The summed E-state index contributed by atoms with van der Waals surface area (Å²) < 4.78 is 0. The Bertz CT molecular complexity index is 377. The van der Waals surface area contributed by atoms with Gasteiger partial charge in [-0.05, 0) is 30.5 Å². The van der Waals surface area contributed by atoms with Crippen molar-refractivity contribution in [3.05, 3.63) is 33.8 Å². The molecule has 3 fully saturated rings. The Hall–Kier alpha value is -0.240. The van der Waals surface area contributed by atoms with Gasteiger partial charge in [-0.1, -0.05) is 29.3 Å². The second-order valence-electron chi connectivity index (χ2n) is 4.40. The summed E-state index contributed by atoms with van der Waals surface area (Å²) in [6.07, 6.45) is 2.51. The summed E-state index contributed by atoms with van der Waals surface area (Å²) in [4.78, 5) is 0. The molecule has 1 aromatic carbocycles. The van der Waals surface area contributed by atoms with Crippen molar-refractivity contribution in [2.75, 3.05) is 6.54 Å². The van der Waals surface area contributed by atoms with E-state index in [-0.39, 0.29) is 0 Å². The Morgan fingerprint density at radius 2 is 2.00 bits per heavy atom. The third-order valence-corrected chi connectivity index (χ3v) is 4.27. The number of hydrogen-bond donors (Lipinski definition) is 1. The highest BCUT2D eigenvalue weighted by Gasteiger charge is 2.51. The lowest BCUT2D eigenvalue weighted by Crippen LogP contribution is -2.37. The van der Waals surface area contributed by atoms with Gasteiger partial charge in [-0.15, -0.1) is 0 Å². The van der Waals surface area contributed by atoms with Gasteiger partial charge in [0.05, 0.1) is 10.0 Å². The fourth-order valence-corrected chi connectivity index (χ4v) is 2.97. The van der Waals surface area contributed by atoms with E-state index in [1.807, 2.05) is 12.1 Å². The molecule has 1 aromatic rings. The Kier molecular flexibility index (Phi) is 1.85. The molecule has 3 heteroatoms. The van der Waals surface area contributed by atoms with Crippen LogP contribution in [-0.4, -0.2) is 12.6 Å². The molecule has 1 nitrogen and oxygen atoms in total. The van der Waals surface area contributed by atoms with Crippen molar-refractivity contribution in [3.63, 3.8) is 0 Å². The lowest BCUT2D eigenvalue weighted by Gasteiger charge is -2.37. The predicted octanol–water partition coefficient (Wildman–Crippen LogP) is 3.00. The minimum absolute atomic E-state index is 0.360. The largest absolute Gasteiger partial charge is 0.313 e. The molecule has 0 aromatic heterocycles. The van der Waals surface area contributed by atoms with E-state index in [1.54, 1.807) is 0 Å². The van der Waals surface area contributed by atoms with Crippen molar-refractivity contribution in [2.24, 2.45) is 0 Å². The summed E-state index contributed by atoms with van der Waals surface area (Å²) in [5, 5.41) is 4.81. The molecule has 14 heavy (non-hydrogen) atoms. The minimum atomic E-state index is 0.360. The van der Waals surface area contributed by atoms with Gasteiger partial charge < -0.3 is 5.32 Å². The van der Waals surface area contributed by atoms with Gasteiger partial charge in [0.15, 0.2) is 0 Å². The van der Waals surface area contributed by atoms with Gasteiger partial charge in [0.1, 0.15) is 0 Å². The summed E-state index contributed by atoms with van der Waals surface area (Å²) in [7, 11) is 0. The van der Waals surface area contributed by atoms with Crippen molar-refractivity contribution < 1.29 is 0 Å². The van der Waals surface area contributed by atoms with Crippen molar-refractivity contribution in [3.8, 4) is 0 Å². The van der Waals surface area contributed by atoms with Crippen molar-refractivity contribution in [1.82, 2.24) is 5.32 Å². The van der Waals surface area contributed by atoms with Gasteiger partial charge in [-0.2, -0.15) is 0 Å². The van der Waals surface area contributed by atoms with Gasteiger partial charge in [-0.3, -0.25) is 0 Å². The topological polar surface area (TPSA) is 12.0 Å². The van der Waals surface area contributed by atoms with E-state index in [2.05, 4.69) is 11.4 Å². The van der Waals surface area contributed by atoms with Crippen LogP contribution in [0.1, 0.15) is 18.4 Å². The first-order chi connectivity index (χ1) is 6.70. The predicted molar refractivity (Wildman–Crippen MR) is 59.2 cm³/mol. The molecular formula is C11H11Cl2N. The van der Waals surface area contributed by atoms with Crippen LogP contribution in [0.25, 0.3) is 0 Å². The van der Waals surface area contributed by atoms with Crippen molar-refractivity contribution in [2.45, 2.75) is 24.3 Å². The first-order valence-corrected chi connectivity index (χ1v) is 5.64. The van der Waals surface area contributed by atoms with Crippen molar-refractivity contribution in [1.29, 1.82) is 0 Å². The van der Waals surface area contributed by atoms with Crippen LogP contribution in [0, 0.1) is 0 Å². The summed E-state index contributed by atoms with van der Waals surface area (Å²) >= 11 is 11.9. The quantitative estimate of drug-likeness (QED) is 0.779. The van der Waals surface area contributed by atoms with Crippen LogP contribution in [0.4, 0.5) is 0 Å². The molecule has 74 valence electrons. The highest BCUT2D eigenvalue weighted by atomic mass is 35.5. The van der Waals surface area contributed by atoms with E-state index in [0.29, 0.717) is 15.5 Å². The molecule has 2 saturated heterocycles. The number of hydrogen-bond acceptors (Lipinski definition) is 1. The molecule has 1 N–H and O–H groups in total. The molecule has 0 unspecified atom stereocenters. The zero-order chi connectivity index (χ0) is 9.76. The van der Waals surface area contributed by atoms with E-state index in [9.17, 15) is 0 Å². The Morgan fingerprint density at radius 3 is 2.57 bits per heavy atom. The normalized spacial score (nSPS) is 34.3. The maximum atomic E-state index is 6.02. The van der Waals surface area contributed by atoms with E-state index in [1.165, 1.54) is 18.4 Å². The summed E-state index contributed by atoms with van der Waals surface area (Å²) in [5.74, 6) is 0. The average molecular weight is 228 g/mol. The molecule has 0 spiro atoms. The molecule has 0 amide bonds. The van der Waals surface area contributed by atoms with Gasteiger partial charge >= 0.3 is 0 Å². The summed E-state index contributed by atoms with van der Waals surface area (Å²) in [5.41, 5.74) is 1.70.